The van der Waals surface area contributed by atoms with Crippen molar-refractivity contribution in [2.75, 3.05) is 33.3 Å². The number of carbonyl (C=O) groups excluding carboxylic acids is 2. The summed E-state index contributed by atoms with van der Waals surface area (Å²) >= 11 is 3.43. The topological polar surface area (TPSA) is 75.9 Å². The standard InChI is InChI=1S/C19H22BrN3O4/c1-12-15(13(2)27-21-12)11-18(24)22-6-8-23(9-7-22)19(25)16-10-14(26-3)4-5-17(16)20/h4-5,10H,6-9,11H2,1-3H3. The van der Waals surface area contributed by atoms with Crippen LogP contribution >= 0.6 is 15.9 Å². The predicted octanol–water partition coefficient (Wildman–Crippen LogP) is 2.59. The Balaban J connectivity index is 1.61. The van der Waals surface area contributed by atoms with Crippen molar-refractivity contribution in [3.8, 4) is 5.75 Å². The number of ether oxygens (including phenoxy) is 1. The van der Waals surface area contributed by atoms with Crippen molar-refractivity contribution < 1.29 is 18.8 Å². The minimum absolute atomic E-state index is 0.0269. The van der Waals surface area contributed by atoms with Gasteiger partial charge in [-0.1, -0.05) is 5.16 Å². The first kappa shape index (κ1) is 19.4. The van der Waals surface area contributed by atoms with Gasteiger partial charge in [-0.3, -0.25) is 9.59 Å². The van der Waals surface area contributed by atoms with Crippen molar-refractivity contribution in [2.45, 2.75) is 20.3 Å². The summed E-state index contributed by atoms with van der Waals surface area (Å²) in [4.78, 5) is 29.0. The highest BCUT2D eigenvalue weighted by molar-refractivity contribution is 9.10. The van der Waals surface area contributed by atoms with Gasteiger partial charge in [-0.25, -0.2) is 0 Å². The Morgan fingerprint density at radius 3 is 2.44 bits per heavy atom. The van der Waals surface area contributed by atoms with Crippen LogP contribution in [0.2, 0.25) is 0 Å². The predicted molar refractivity (Wildman–Crippen MR) is 103 cm³/mol. The highest BCUT2D eigenvalue weighted by Gasteiger charge is 2.27. The van der Waals surface area contributed by atoms with Crippen molar-refractivity contribution >= 4 is 27.7 Å². The monoisotopic (exact) mass is 435 g/mol. The molecule has 1 saturated heterocycles. The second kappa shape index (κ2) is 8.12. The van der Waals surface area contributed by atoms with Gasteiger partial charge in [-0.05, 0) is 48.0 Å². The van der Waals surface area contributed by atoms with Gasteiger partial charge in [0.05, 0.1) is 24.8 Å². The van der Waals surface area contributed by atoms with E-state index in [-0.39, 0.29) is 18.2 Å². The van der Waals surface area contributed by atoms with Crippen molar-refractivity contribution in [3.05, 3.63) is 45.3 Å². The van der Waals surface area contributed by atoms with E-state index in [1.165, 1.54) is 0 Å². The van der Waals surface area contributed by atoms with E-state index in [1.54, 1.807) is 35.1 Å². The fourth-order valence-electron chi connectivity index (χ4n) is 3.14. The normalized spacial score (nSPS) is 14.4. The van der Waals surface area contributed by atoms with Gasteiger partial charge in [-0.15, -0.1) is 0 Å². The number of aromatic nitrogens is 1. The highest BCUT2D eigenvalue weighted by atomic mass is 79.9. The Kier molecular flexibility index (Phi) is 5.84. The third kappa shape index (κ3) is 4.16. The number of methoxy groups -OCH3 is 1. The lowest BCUT2D eigenvalue weighted by Gasteiger charge is -2.35. The zero-order chi connectivity index (χ0) is 19.6. The van der Waals surface area contributed by atoms with Crippen LogP contribution in [0.5, 0.6) is 5.75 Å². The van der Waals surface area contributed by atoms with Crippen molar-refractivity contribution in [1.82, 2.24) is 15.0 Å². The number of carbonyl (C=O) groups is 2. The Hall–Kier alpha value is -2.35. The van der Waals surface area contributed by atoms with Crippen LogP contribution in [0.4, 0.5) is 0 Å². The second-order valence-electron chi connectivity index (χ2n) is 6.50. The molecule has 2 amide bonds. The number of hydrogen-bond acceptors (Lipinski definition) is 5. The molecule has 8 heteroatoms. The van der Waals surface area contributed by atoms with Crippen LogP contribution in [0.1, 0.15) is 27.4 Å². The van der Waals surface area contributed by atoms with Crippen LogP contribution in [0.15, 0.2) is 27.2 Å². The number of nitrogens with zero attached hydrogens (tertiary/aromatic N) is 3. The van der Waals surface area contributed by atoms with Crippen LogP contribution in [-0.4, -0.2) is 60.1 Å². The second-order valence-corrected chi connectivity index (χ2v) is 7.35. The maximum Gasteiger partial charge on any atom is 0.255 e. The maximum atomic E-state index is 12.8. The molecule has 3 rings (SSSR count). The number of halogens is 1. The van der Waals surface area contributed by atoms with E-state index in [0.29, 0.717) is 43.3 Å². The molecule has 1 aliphatic rings. The Bertz CT molecular complexity index is 837. The fourth-order valence-corrected chi connectivity index (χ4v) is 3.56. The van der Waals surface area contributed by atoms with Gasteiger partial charge in [0.1, 0.15) is 11.5 Å². The summed E-state index contributed by atoms with van der Waals surface area (Å²) in [6, 6.07) is 5.32. The van der Waals surface area contributed by atoms with Crippen LogP contribution in [-0.2, 0) is 11.2 Å². The Morgan fingerprint density at radius 1 is 1.19 bits per heavy atom. The molecule has 2 aromatic rings. The molecule has 0 bridgehead atoms. The molecule has 0 atom stereocenters. The molecule has 0 unspecified atom stereocenters. The summed E-state index contributed by atoms with van der Waals surface area (Å²) in [5.41, 5.74) is 2.15. The number of piperazine rings is 1. The average molecular weight is 436 g/mol. The molecule has 1 aromatic heterocycles. The van der Waals surface area contributed by atoms with Crippen LogP contribution in [0.3, 0.4) is 0 Å². The van der Waals surface area contributed by atoms with E-state index in [1.807, 2.05) is 13.8 Å². The Labute approximate surface area is 166 Å². The van der Waals surface area contributed by atoms with Crippen LogP contribution < -0.4 is 4.74 Å². The van der Waals surface area contributed by atoms with E-state index in [0.717, 1.165) is 15.7 Å². The van der Waals surface area contributed by atoms with Gasteiger partial charge in [0.25, 0.3) is 5.91 Å². The molecular weight excluding hydrogens is 414 g/mol. The van der Waals surface area contributed by atoms with E-state index in [9.17, 15) is 9.59 Å². The number of aryl methyl sites for hydroxylation is 2. The molecule has 27 heavy (non-hydrogen) atoms. The Morgan fingerprint density at radius 2 is 1.85 bits per heavy atom. The van der Waals surface area contributed by atoms with Gasteiger partial charge in [0, 0.05) is 36.2 Å². The lowest BCUT2D eigenvalue weighted by Crippen LogP contribution is -2.51. The lowest BCUT2D eigenvalue weighted by atomic mass is 10.1. The summed E-state index contributed by atoms with van der Waals surface area (Å²) in [5.74, 6) is 1.27. The molecule has 2 heterocycles. The molecule has 0 radical (unpaired) electrons. The minimum Gasteiger partial charge on any atom is -0.497 e. The van der Waals surface area contributed by atoms with Gasteiger partial charge in [-0.2, -0.15) is 0 Å². The fraction of sp³-hybridized carbons (Fsp3) is 0.421. The van der Waals surface area contributed by atoms with Crippen molar-refractivity contribution in [1.29, 1.82) is 0 Å². The summed E-state index contributed by atoms with van der Waals surface area (Å²) in [6.07, 6.45) is 0.274. The molecule has 0 spiro atoms. The first-order valence-corrected chi connectivity index (χ1v) is 9.52. The highest BCUT2D eigenvalue weighted by Crippen LogP contribution is 2.24. The maximum absolute atomic E-state index is 12.8. The van der Waals surface area contributed by atoms with Crippen LogP contribution in [0, 0.1) is 13.8 Å². The SMILES string of the molecule is COc1ccc(Br)c(C(=O)N2CCN(C(=O)Cc3c(C)noc3C)CC2)c1. The number of hydrogen-bond donors (Lipinski definition) is 0. The first-order chi connectivity index (χ1) is 12.9. The minimum atomic E-state index is -0.0707. The molecule has 7 nitrogen and oxygen atoms in total. The smallest absolute Gasteiger partial charge is 0.255 e. The quantitative estimate of drug-likeness (QED) is 0.737. The molecule has 0 N–H and O–H groups in total. The van der Waals surface area contributed by atoms with Gasteiger partial charge >= 0.3 is 0 Å². The van der Waals surface area contributed by atoms with E-state index < -0.39 is 0 Å². The molecular formula is C19H22BrN3O4. The van der Waals surface area contributed by atoms with E-state index in [4.69, 9.17) is 9.26 Å². The van der Waals surface area contributed by atoms with Gasteiger partial charge in [0.15, 0.2) is 0 Å². The zero-order valence-corrected chi connectivity index (χ0v) is 17.2. The number of rotatable bonds is 4. The van der Waals surface area contributed by atoms with Crippen molar-refractivity contribution in [3.63, 3.8) is 0 Å². The molecule has 144 valence electrons. The summed E-state index contributed by atoms with van der Waals surface area (Å²) in [7, 11) is 1.57. The first-order valence-electron chi connectivity index (χ1n) is 8.73. The van der Waals surface area contributed by atoms with Gasteiger partial charge in [0.2, 0.25) is 5.91 Å². The van der Waals surface area contributed by atoms with E-state index >= 15 is 0 Å². The zero-order valence-electron chi connectivity index (χ0n) is 15.6. The molecule has 0 aliphatic carbocycles. The van der Waals surface area contributed by atoms with Gasteiger partial charge < -0.3 is 19.1 Å². The molecule has 1 aromatic carbocycles. The van der Waals surface area contributed by atoms with Crippen LogP contribution in [0.25, 0.3) is 0 Å². The average Bonchev–Trinajstić information content (AvgIpc) is 3.00. The molecule has 1 aliphatic heterocycles. The van der Waals surface area contributed by atoms with E-state index in [2.05, 4.69) is 21.1 Å². The molecule has 1 fully saturated rings. The summed E-state index contributed by atoms with van der Waals surface area (Å²) < 4.78 is 11.1. The third-order valence-corrected chi connectivity index (χ3v) is 5.52. The van der Waals surface area contributed by atoms with Crippen molar-refractivity contribution in [2.24, 2.45) is 0 Å². The number of benzene rings is 1. The lowest BCUT2D eigenvalue weighted by molar-refractivity contribution is -0.131. The summed E-state index contributed by atoms with van der Waals surface area (Å²) in [6.45, 7) is 5.66. The molecule has 0 saturated carbocycles. The largest absolute Gasteiger partial charge is 0.497 e. The summed E-state index contributed by atoms with van der Waals surface area (Å²) in [5, 5.41) is 3.89. The third-order valence-electron chi connectivity index (χ3n) is 4.83. The number of amides is 2.